The molecule has 0 heterocycles. The van der Waals surface area contributed by atoms with Crippen molar-refractivity contribution in [3.8, 4) is 0 Å². The summed E-state index contributed by atoms with van der Waals surface area (Å²) in [5.74, 6) is -0.158. The highest BCUT2D eigenvalue weighted by Crippen LogP contribution is 2.24. The first-order valence-electron chi connectivity index (χ1n) is 7.53. The van der Waals surface area contributed by atoms with E-state index in [0.29, 0.717) is 5.92 Å². The molecular weight excluding hydrogens is 250 g/mol. The lowest BCUT2D eigenvalue weighted by molar-refractivity contribution is -0.135. The summed E-state index contributed by atoms with van der Waals surface area (Å²) in [6.07, 6.45) is 3.13. The van der Waals surface area contributed by atoms with Gasteiger partial charge in [-0.25, -0.2) is 0 Å². The molecule has 0 saturated carbocycles. The molecule has 0 amide bonds. The van der Waals surface area contributed by atoms with E-state index in [2.05, 4.69) is 20.8 Å². The van der Waals surface area contributed by atoms with Gasteiger partial charge in [-0.15, -0.1) is 0 Å². The van der Waals surface area contributed by atoms with Crippen LogP contribution in [0.25, 0.3) is 0 Å². The summed E-state index contributed by atoms with van der Waals surface area (Å²) < 4.78 is 0. The first kappa shape index (κ1) is 16.5. The van der Waals surface area contributed by atoms with Crippen molar-refractivity contribution < 1.29 is 9.90 Å². The van der Waals surface area contributed by atoms with Crippen molar-refractivity contribution in [3.05, 3.63) is 29.8 Å². The second kappa shape index (κ2) is 7.93. The van der Waals surface area contributed by atoms with Crippen LogP contribution in [-0.4, -0.2) is 23.7 Å². The molecule has 0 aromatic heterocycles. The van der Waals surface area contributed by atoms with Crippen LogP contribution in [0.5, 0.6) is 0 Å². The first-order chi connectivity index (χ1) is 9.47. The molecule has 3 heteroatoms. The summed E-state index contributed by atoms with van der Waals surface area (Å²) in [5, 5.41) is 9.19. The van der Waals surface area contributed by atoms with E-state index in [1.807, 2.05) is 36.1 Å². The van der Waals surface area contributed by atoms with Gasteiger partial charge in [-0.3, -0.25) is 4.79 Å². The zero-order chi connectivity index (χ0) is 15.1. The van der Waals surface area contributed by atoms with Crippen LogP contribution in [0.4, 0.5) is 5.69 Å². The van der Waals surface area contributed by atoms with E-state index in [1.165, 1.54) is 5.56 Å². The molecule has 0 aliphatic carbocycles. The van der Waals surface area contributed by atoms with E-state index >= 15 is 0 Å². The molecule has 0 aliphatic rings. The maximum Gasteiger partial charge on any atom is 0.323 e. The first-order valence-corrected chi connectivity index (χ1v) is 7.53. The number of rotatable bonds is 8. The van der Waals surface area contributed by atoms with Crippen LogP contribution >= 0.6 is 0 Å². The Kier molecular flexibility index (Phi) is 6.56. The van der Waals surface area contributed by atoms with Gasteiger partial charge in [0.15, 0.2) is 0 Å². The third-order valence-electron chi connectivity index (χ3n) is 3.95. The van der Waals surface area contributed by atoms with Gasteiger partial charge in [0, 0.05) is 11.7 Å². The summed E-state index contributed by atoms with van der Waals surface area (Å²) in [6.45, 7) is 8.66. The second-order valence-electron chi connectivity index (χ2n) is 5.67. The van der Waals surface area contributed by atoms with Crippen LogP contribution in [-0.2, 0) is 4.79 Å². The lowest BCUT2D eigenvalue weighted by atomic mass is 9.96. The molecule has 0 radical (unpaired) electrons. The topological polar surface area (TPSA) is 40.5 Å². The van der Waals surface area contributed by atoms with Crippen LogP contribution in [0.1, 0.15) is 45.6 Å². The van der Waals surface area contributed by atoms with Gasteiger partial charge in [-0.1, -0.05) is 44.9 Å². The standard InChI is InChI=1S/C17H27NO2/c1-5-13(3)11-15(6-2)18(12-17(19)20)16-9-7-14(4)8-10-16/h7-10,13,15H,5-6,11-12H2,1-4H3,(H,19,20). The summed E-state index contributed by atoms with van der Waals surface area (Å²) in [7, 11) is 0. The molecule has 0 spiro atoms. The van der Waals surface area contributed by atoms with Crippen molar-refractivity contribution in [2.45, 2.75) is 53.0 Å². The van der Waals surface area contributed by atoms with Crippen LogP contribution in [0, 0.1) is 12.8 Å². The van der Waals surface area contributed by atoms with Crippen molar-refractivity contribution in [2.75, 3.05) is 11.4 Å². The quantitative estimate of drug-likeness (QED) is 0.777. The minimum atomic E-state index is -0.770. The van der Waals surface area contributed by atoms with Gasteiger partial charge in [0.25, 0.3) is 0 Å². The average Bonchev–Trinajstić information content (AvgIpc) is 2.43. The van der Waals surface area contributed by atoms with Gasteiger partial charge in [-0.2, -0.15) is 0 Å². The highest BCUT2D eigenvalue weighted by atomic mass is 16.4. The Morgan fingerprint density at radius 1 is 1.20 bits per heavy atom. The molecule has 0 saturated heterocycles. The molecule has 20 heavy (non-hydrogen) atoms. The van der Waals surface area contributed by atoms with E-state index in [9.17, 15) is 9.90 Å². The molecule has 1 N–H and O–H groups in total. The molecule has 1 aromatic carbocycles. The van der Waals surface area contributed by atoms with Crippen LogP contribution in [0.15, 0.2) is 24.3 Å². The number of aliphatic carboxylic acids is 1. The Balaban J connectivity index is 2.96. The number of carboxylic acid groups (broad SMARTS) is 1. The third kappa shape index (κ3) is 4.87. The number of anilines is 1. The molecule has 0 aliphatic heterocycles. The highest BCUT2D eigenvalue weighted by Gasteiger charge is 2.21. The van der Waals surface area contributed by atoms with Gasteiger partial charge in [0.05, 0.1) is 0 Å². The number of carboxylic acids is 1. The molecule has 2 atom stereocenters. The monoisotopic (exact) mass is 277 g/mol. The largest absolute Gasteiger partial charge is 0.480 e. The van der Waals surface area contributed by atoms with E-state index in [1.54, 1.807) is 0 Å². The van der Waals surface area contributed by atoms with Crippen molar-refractivity contribution in [2.24, 2.45) is 5.92 Å². The van der Waals surface area contributed by atoms with Crippen LogP contribution in [0.2, 0.25) is 0 Å². The van der Waals surface area contributed by atoms with E-state index < -0.39 is 5.97 Å². The Bertz CT molecular complexity index is 414. The summed E-state index contributed by atoms with van der Waals surface area (Å²) in [6, 6.07) is 8.42. The van der Waals surface area contributed by atoms with Crippen LogP contribution < -0.4 is 4.90 Å². The van der Waals surface area contributed by atoms with Crippen molar-refractivity contribution in [1.29, 1.82) is 0 Å². The Morgan fingerprint density at radius 2 is 1.80 bits per heavy atom. The molecule has 1 aromatic rings. The fourth-order valence-corrected chi connectivity index (χ4v) is 2.46. The normalized spacial score (nSPS) is 13.8. The molecule has 112 valence electrons. The number of carbonyl (C=O) groups is 1. The highest BCUT2D eigenvalue weighted by molar-refractivity contribution is 5.74. The molecule has 1 rings (SSSR count). The lowest BCUT2D eigenvalue weighted by Crippen LogP contribution is -2.40. The zero-order valence-electron chi connectivity index (χ0n) is 13.1. The lowest BCUT2D eigenvalue weighted by Gasteiger charge is -2.33. The van der Waals surface area contributed by atoms with Crippen molar-refractivity contribution in [3.63, 3.8) is 0 Å². The predicted molar refractivity (Wildman–Crippen MR) is 84.3 cm³/mol. The number of aryl methyl sites for hydroxylation is 1. The Hall–Kier alpha value is -1.51. The van der Waals surface area contributed by atoms with E-state index in [0.717, 1.165) is 24.9 Å². The molecular formula is C17H27NO2. The predicted octanol–water partition coefficient (Wildman–Crippen LogP) is 4.10. The number of hydrogen-bond donors (Lipinski definition) is 1. The van der Waals surface area contributed by atoms with Gasteiger partial charge in [0.1, 0.15) is 6.54 Å². The van der Waals surface area contributed by atoms with E-state index in [4.69, 9.17) is 0 Å². The smallest absolute Gasteiger partial charge is 0.323 e. The molecule has 2 unspecified atom stereocenters. The minimum absolute atomic E-state index is 0.0675. The second-order valence-corrected chi connectivity index (χ2v) is 5.67. The fraction of sp³-hybridized carbons (Fsp3) is 0.588. The van der Waals surface area contributed by atoms with Gasteiger partial charge < -0.3 is 10.0 Å². The third-order valence-corrected chi connectivity index (χ3v) is 3.95. The minimum Gasteiger partial charge on any atom is -0.480 e. The zero-order valence-corrected chi connectivity index (χ0v) is 13.1. The maximum atomic E-state index is 11.2. The van der Waals surface area contributed by atoms with Gasteiger partial charge in [-0.05, 0) is 37.8 Å². The van der Waals surface area contributed by atoms with E-state index in [-0.39, 0.29) is 12.6 Å². The fourth-order valence-electron chi connectivity index (χ4n) is 2.46. The number of nitrogens with zero attached hydrogens (tertiary/aromatic N) is 1. The average molecular weight is 277 g/mol. The SMILES string of the molecule is CCC(C)CC(CC)N(CC(=O)O)c1ccc(C)cc1. The van der Waals surface area contributed by atoms with Gasteiger partial charge in [0.2, 0.25) is 0 Å². The Morgan fingerprint density at radius 3 is 2.25 bits per heavy atom. The Labute approximate surface area is 122 Å². The van der Waals surface area contributed by atoms with Gasteiger partial charge >= 0.3 is 5.97 Å². The maximum absolute atomic E-state index is 11.2. The molecule has 0 bridgehead atoms. The van der Waals surface area contributed by atoms with Crippen molar-refractivity contribution in [1.82, 2.24) is 0 Å². The summed E-state index contributed by atoms with van der Waals surface area (Å²) in [5.41, 5.74) is 2.20. The molecule has 3 nitrogen and oxygen atoms in total. The number of hydrogen-bond acceptors (Lipinski definition) is 2. The summed E-state index contributed by atoms with van der Waals surface area (Å²) in [4.78, 5) is 13.2. The van der Waals surface area contributed by atoms with Crippen LogP contribution in [0.3, 0.4) is 0 Å². The summed E-state index contributed by atoms with van der Waals surface area (Å²) >= 11 is 0. The number of benzene rings is 1. The molecule has 0 fully saturated rings. The van der Waals surface area contributed by atoms with Crippen molar-refractivity contribution >= 4 is 11.7 Å².